The number of halogens is 2. The second kappa shape index (κ2) is 6.19. The number of benzene rings is 1. The average Bonchev–Trinajstić information content (AvgIpc) is 2.88. The molecule has 2 heterocycles. The van der Waals surface area contributed by atoms with Gasteiger partial charge in [-0.25, -0.2) is 4.98 Å². The van der Waals surface area contributed by atoms with E-state index in [2.05, 4.69) is 66.6 Å². The van der Waals surface area contributed by atoms with Crippen molar-refractivity contribution in [1.29, 1.82) is 5.26 Å². The first-order valence-electron chi connectivity index (χ1n) is 7.30. The van der Waals surface area contributed by atoms with Gasteiger partial charge in [-0.1, -0.05) is 0 Å². The van der Waals surface area contributed by atoms with Gasteiger partial charge in [-0.2, -0.15) is 5.26 Å². The fourth-order valence-electron chi connectivity index (χ4n) is 2.86. The normalized spacial score (nSPS) is 15.5. The summed E-state index contributed by atoms with van der Waals surface area (Å²) >= 11 is 7.02. The molecule has 7 heteroatoms. The van der Waals surface area contributed by atoms with Crippen molar-refractivity contribution < 1.29 is 0 Å². The van der Waals surface area contributed by atoms with Crippen molar-refractivity contribution in [3.05, 3.63) is 20.6 Å². The molecule has 0 amide bonds. The molecule has 0 aliphatic carbocycles. The zero-order chi connectivity index (χ0) is 15.9. The first kappa shape index (κ1) is 15.8. The Bertz CT molecular complexity index is 754. The molecule has 1 saturated heterocycles. The van der Waals surface area contributed by atoms with Gasteiger partial charge in [-0.05, 0) is 51.8 Å². The van der Waals surface area contributed by atoms with Gasteiger partial charge in [-0.15, -0.1) is 0 Å². The summed E-state index contributed by atoms with van der Waals surface area (Å²) in [6, 6.07) is 4.59. The fraction of sp³-hybridized carbons (Fsp3) is 0.467. The van der Waals surface area contributed by atoms with Gasteiger partial charge in [0.2, 0.25) is 5.95 Å². The average molecular weight is 427 g/mol. The number of piperazine rings is 1. The van der Waals surface area contributed by atoms with Crippen LogP contribution in [0.2, 0.25) is 0 Å². The van der Waals surface area contributed by atoms with Crippen LogP contribution < -0.4 is 10.2 Å². The van der Waals surface area contributed by atoms with Gasteiger partial charge in [0, 0.05) is 36.7 Å². The topological polar surface area (TPSA) is 56.9 Å². The van der Waals surface area contributed by atoms with Crippen molar-refractivity contribution in [2.24, 2.45) is 0 Å². The summed E-state index contributed by atoms with van der Waals surface area (Å²) < 4.78 is 3.87. The van der Waals surface area contributed by atoms with Crippen LogP contribution in [0.25, 0.3) is 11.0 Å². The molecule has 0 atom stereocenters. The number of aromatic nitrogens is 2. The van der Waals surface area contributed by atoms with Crippen LogP contribution in [0, 0.1) is 11.3 Å². The second-order valence-electron chi connectivity index (χ2n) is 5.64. The third-order valence-electron chi connectivity index (χ3n) is 3.89. The molecule has 116 valence electrons. The van der Waals surface area contributed by atoms with Gasteiger partial charge in [0.05, 0.1) is 15.6 Å². The molecule has 1 aliphatic heterocycles. The third kappa shape index (κ3) is 2.53. The van der Waals surface area contributed by atoms with Crippen LogP contribution in [0.15, 0.2) is 15.0 Å². The number of fused-ring (bicyclic) bond motifs is 1. The minimum absolute atomic E-state index is 0.273. The Morgan fingerprint density at radius 3 is 2.59 bits per heavy atom. The van der Waals surface area contributed by atoms with E-state index < -0.39 is 0 Å². The lowest BCUT2D eigenvalue weighted by molar-refractivity contribution is 0.548. The Morgan fingerprint density at radius 2 is 2.00 bits per heavy atom. The number of hydrogen-bond acceptors (Lipinski definition) is 4. The molecule has 2 aromatic rings. The summed E-state index contributed by atoms with van der Waals surface area (Å²) in [5.74, 6) is 0.952. The lowest BCUT2D eigenvalue weighted by Crippen LogP contribution is -2.44. The molecule has 1 N–H and O–H groups in total. The molecule has 1 aliphatic rings. The van der Waals surface area contributed by atoms with E-state index in [0.29, 0.717) is 5.56 Å². The summed E-state index contributed by atoms with van der Waals surface area (Å²) in [6.07, 6.45) is 0. The molecule has 1 aromatic heterocycles. The predicted octanol–water partition coefficient (Wildman–Crippen LogP) is 3.42. The molecule has 0 radical (unpaired) electrons. The maximum Gasteiger partial charge on any atom is 0.206 e. The number of rotatable bonds is 2. The maximum absolute atomic E-state index is 9.52. The van der Waals surface area contributed by atoms with E-state index in [0.717, 1.165) is 52.1 Å². The fourth-order valence-corrected chi connectivity index (χ4v) is 3.67. The molecular formula is C15H17Br2N5. The number of nitrogens with one attached hydrogen (secondary N) is 1. The molecule has 1 aromatic carbocycles. The van der Waals surface area contributed by atoms with Gasteiger partial charge in [0.1, 0.15) is 11.6 Å². The van der Waals surface area contributed by atoms with E-state index in [1.165, 1.54) is 0 Å². The van der Waals surface area contributed by atoms with E-state index in [-0.39, 0.29) is 6.04 Å². The van der Waals surface area contributed by atoms with Crippen LogP contribution in [0.3, 0.4) is 0 Å². The third-order valence-corrected chi connectivity index (χ3v) is 5.87. The molecule has 3 rings (SSSR count). The van der Waals surface area contributed by atoms with Crippen LogP contribution in [0.4, 0.5) is 5.95 Å². The zero-order valence-electron chi connectivity index (χ0n) is 12.5. The molecule has 1 fully saturated rings. The minimum atomic E-state index is 0.273. The minimum Gasteiger partial charge on any atom is -0.340 e. The maximum atomic E-state index is 9.52. The summed E-state index contributed by atoms with van der Waals surface area (Å²) in [6.45, 7) is 8.07. The molecular weight excluding hydrogens is 410 g/mol. The second-order valence-corrected chi connectivity index (χ2v) is 7.29. The standard InChI is InChI=1S/C15H17Br2N5/c1-9(2)22-12-7-11(16)13(17)10(8-18)14(12)20-15(22)21-5-3-19-4-6-21/h7,9,19H,3-6H2,1-2H3. The highest BCUT2D eigenvalue weighted by molar-refractivity contribution is 9.13. The van der Waals surface area contributed by atoms with E-state index >= 15 is 0 Å². The first-order valence-corrected chi connectivity index (χ1v) is 8.89. The van der Waals surface area contributed by atoms with Gasteiger partial charge < -0.3 is 14.8 Å². The SMILES string of the molecule is CC(C)n1c(N2CCNCC2)nc2c(C#N)c(Br)c(Br)cc21. The van der Waals surface area contributed by atoms with Gasteiger partial charge >= 0.3 is 0 Å². The zero-order valence-corrected chi connectivity index (χ0v) is 15.7. The number of anilines is 1. The van der Waals surface area contributed by atoms with Crippen LogP contribution in [-0.4, -0.2) is 35.7 Å². The van der Waals surface area contributed by atoms with Crippen molar-refractivity contribution in [3.63, 3.8) is 0 Å². The van der Waals surface area contributed by atoms with Gasteiger partial charge in [0.25, 0.3) is 0 Å². The smallest absolute Gasteiger partial charge is 0.206 e. The van der Waals surface area contributed by atoms with Crippen LogP contribution in [0.5, 0.6) is 0 Å². The quantitative estimate of drug-likeness (QED) is 0.799. The van der Waals surface area contributed by atoms with Crippen molar-refractivity contribution in [3.8, 4) is 6.07 Å². The molecule has 0 spiro atoms. The summed E-state index contributed by atoms with van der Waals surface area (Å²) in [5.41, 5.74) is 2.34. The molecule has 5 nitrogen and oxygen atoms in total. The summed E-state index contributed by atoms with van der Waals surface area (Å²) in [5, 5.41) is 12.9. The Morgan fingerprint density at radius 1 is 1.32 bits per heavy atom. The predicted molar refractivity (Wildman–Crippen MR) is 95.3 cm³/mol. The monoisotopic (exact) mass is 425 g/mol. The summed E-state index contributed by atoms with van der Waals surface area (Å²) in [7, 11) is 0. The number of nitrogens with zero attached hydrogens (tertiary/aromatic N) is 4. The van der Waals surface area contributed by atoms with Crippen LogP contribution in [0.1, 0.15) is 25.5 Å². The molecule has 0 saturated carbocycles. The molecule has 0 unspecified atom stereocenters. The Kier molecular flexibility index (Phi) is 4.44. The number of nitriles is 1. The Labute approximate surface area is 146 Å². The van der Waals surface area contributed by atoms with E-state index in [1.54, 1.807) is 0 Å². The Balaban J connectivity index is 2.28. The number of hydrogen-bond donors (Lipinski definition) is 1. The van der Waals surface area contributed by atoms with Crippen molar-refractivity contribution in [2.45, 2.75) is 19.9 Å². The lowest BCUT2D eigenvalue weighted by atomic mass is 10.2. The molecule has 22 heavy (non-hydrogen) atoms. The highest BCUT2D eigenvalue weighted by Crippen LogP contribution is 2.36. The first-order chi connectivity index (χ1) is 10.5. The van der Waals surface area contributed by atoms with Crippen LogP contribution in [-0.2, 0) is 0 Å². The van der Waals surface area contributed by atoms with Gasteiger partial charge in [0.15, 0.2) is 0 Å². The highest BCUT2D eigenvalue weighted by atomic mass is 79.9. The van der Waals surface area contributed by atoms with E-state index in [1.807, 2.05) is 6.07 Å². The molecule has 0 bridgehead atoms. The summed E-state index contributed by atoms with van der Waals surface area (Å²) in [4.78, 5) is 7.11. The van der Waals surface area contributed by atoms with E-state index in [9.17, 15) is 5.26 Å². The van der Waals surface area contributed by atoms with Crippen molar-refractivity contribution >= 4 is 48.8 Å². The largest absolute Gasteiger partial charge is 0.340 e. The van der Waals surface area contributed by atoms with E-state index in [4.69, 9.17) is 4.98 Å². The van der Waals surface area contributed by atoms with Gasteiger partial charge in [-0.3, -0.25) is 0 Å². The lowest BCUT2D eigenvalue weighted by Gasteiger charge is -2.29. The number of imidazole rings is 1. The highest BCUT2D eigenvalue weighted by Gasteiger charge is 2.23. The Hall–Kier alpha value is -1.10. The van der Waals surface area contributed by atoms with Crippen LogP contribution >= 0.6 is 31.9 Å². The van der Waals surface area contributed by atoms with Crippen molar-refractivity contribution in [2.75, 3.05) is 31.1 Å². The van der Waals surface area contributed by atoms with Crippen molar-refractivity contribution in [1.82, 2.24) is 14.9 Å².